The van der Waals surface area contributed by atoms with Gasteiger partial charge in [0.05, 0.1) is 12.9 Å². The maximum Gasteiger partial charge on any atom is 0.234 e. The van der Waals surface area contributed by atoms with Gasteiger partial charge >= 0.3 is 0 Å². The molecule has 1 amide bonds. The summed E-state index contributed by atoms with van der Waals surface area (Å²) in [4.78, 5) is 12.3. The van der Waals surface area contributed by atoms with Gasteiger partial charge in [-0.05, 0) is 54.8 Å². The normalized spacial score (nSPS) is 10.7. The Morgan fingerprint density at radius 1 is 1.10 bits per heavy atom. The van der Waals surface area contributed by atoms with Gasteiger partial charge in [-0.1, -0.05) is 37.2 Å². The molecule has 0 aliphatic carbocycles. The van der Waals surface area contributed by atoms with Gasteiger partial charge in [0.1, 0.15) is 5.75 Å². The van der Waals surface area contributed by atoms with Crippen molar-refractivity contribution in [2.75, 3.05) is 18.2 Å². The molecule has 0 aliphatic heterocycles. The maximum absolute atomic E-state index is 12.3. The number of methoxy groups -OCH3 is 1. The smallest absolute Gasteiger partial charge is 0.234 e. The van der Waals surface area contributed by atoms with Gasteiger partial charge in [0.25, 0.3) is 0 Å². The summed E-state index contributed by atoms with van der Waals surface area (Å²) >= 11 is 1.36. The van der Waals surface area contributed by atoms with Crippen LogP contribution in [0.15, 0.2) is 53.7 Å². The summed E-state index contributed by atoms with van der Waals surface area (Å²) in [6.45, 7) is 2.18. The highest BCUT2D eigenvalue weighted by Crippen LogP contribution is 2.24. The van der Waals surface area contributed by atoms with E-state index in [1.54, 1.807) is 7.11 Å². The Morgan fingerprint density at radius 2 is 1.83 bits per heavy atom. The molecule has 2 aromatic carbocycles. The number of nitrogens with zero attached hydrogens (tertiary/aromatic N) is 3. The van der Waals surface area contributed by atoms with E-state index in [9.17, 15) is 4.79 Å². The molecule has 7 heteroatoms. The molecule has 3 rings (SSSR count). The fraction of sp³-hybridized carbons (Fsp3) is 0.318. The van der Waals surface area contributed by atoms with Gasteiger partial charge in [-0.3, -0.25) is 4.79 Å². The van der Waals surface area contributed by atoms with E-state index < -0.39 is 0 Å². The molecular weight excluding hydrogens is 384 g/mol. The fourth-order valence-electron chi connectivity index (χ4n) is 2.89. The third kappa shape index (κ3) is 5.60. The summed E-state index contributed by atoms with van der Waals surface area (Å²) in [5, 5.41) is 12.1. The van der Waals surface area contributed by atoms with Gasteiger partial charge < -0.3 is 14.6 Å². The number of nitrogens with one attached hydrogen (secondary N) is 1. The summed E-state index contributed by atoms with van der Waals surface area (Å²) in [6.07, 6.45) is 3.43. The van der Waals surface area contributed by atoms with Gasteiger partial charge in [-0.2, -0.15) is 0 Å². The van der Waals surface area contributed by atoms with Crippen molar-refractivity contribution in [3.63, 3.8) is 0 Å². The van der Waals surface area contributed by atoms with Crippen molar-refractivity contribution in [1.29, 1.82) is 0 Å². The molecule has 1 aromatic heterocycles. The Balaban J connectivity index is 1.55. The maximum atomic E-state index is 12.3. The molecule has 3 aromatic rings. The highest BCUT2D eigenvalue weighted by molar-refractivity contribution is 7.99. The number of rotatable bonds is 9. The fourth-order valence-corrected chi connectivity index (χ4v) is 3.61. The minimum Gasteiger partial charge on any atom is -0.497 e. The largest absolute Gasteiger partial charge is 0.497 e. The van der Waals surface area contributed by atoms with Crippen LogP contribution in [0.1, 0.15) is 25.3 Å². The van der Waals surface area contributed by atoms with Crippen LogP contribution in [0.25, 0.3) is 11.4 Å². The number of aryl methyl sites for hydroxylation is 1. The molecule has 29 heavy (non-hydrogen) atoms. The number of carbonyl (C=O) groups is 1. The first-order valence-electron chi connectivity index (χ1n) is 9.66. The number of amides is 1. The summed E-state index contributed by atoms with van der Waals surface area (Å²) in [5.74, 6) is 1.75. The zero-order valence-corrected chi connectivity index (χ0v) is 17.8. The number of hydrogen-bond acceptors (Lipinski definition) is 5. The monoisotopic (exact) mass is 410 g/mol. The van der Waals surface area contributed by atoms with Crippen LogP contribution in [-0.2, 0) is 18.3 Å². The van der Waals surface area contributed by atoms with Crippen molar-refractivity contribution >= 4 is 23.4 Å². The van der Waals surface area contributed by atoms with Gasteiger partial charge in [0, 0.05) is 18.3 Å². The van der Waals surface area contributed by atoms with Crippen LogP contribution >= 0.6 is 11.8 Å². The van der Waals surface area contributed by atoms with Crippen LogP contribution in [0.5, 0.6) is 5.75 Å². The quantitative estimate of drug-likeness (QED) is 0.524. The lowest BCUT2D eigenvalue weighted by Crippen LogP contribution is -2.14. The number of unbranched alkanes of at least 4 members (excludes halogenated alkanes) is 1. The molecule has 0 unspecified atom stereocenters. The van der Waals surface area contributed by atoms with E-state index in [0.29, 0.717) is 5.16 Å². The number of ether oxygens (including phenoxy) is 1. The predicted octanol–water partition coefficient (Wildman–Crippen LogP) is 4.56. The van der Waals surface area contributed by atoms with Gasteiger partial charge in [0.15, 0.2) is 11.0 Å². The SMILES string of the molecule is CCCCc1ccc(NC(=O)CSc2nnc(-c3ccc(OC)cc3)n2C)cc1. The standard InChI is InChI=1S/C22H26N4O2S/c1-4-5-6-16-7-11-18(12-8-16)23-20(27)15-29-22-25-24-21(26(22)2)17-9-13-19(28-3)14-10-17/h7-14H,4-6,15H2,1-3H3,(H,23,27). The van der Waals surface area contributed by atoms with Crippen molar-refractivity contribution < 1.29 is 9.53 Å². The first kappa shape index (κ1) is 20.9. The average molecular weight is 411 g/mol. The topological polar surface area (TPSA) is 69.0 Å². The second kappa shape index (κ2) is 10.1. The molecule has 0 radical (unpaired) electrons. The lowest BCUT2D eigenvalue weighted by Gasteiger charge is -2.07. The first-order chi connectivity index (χ1) is 14.1. The van der Waals surface area contributed by atoms with E-state index in [0.717, 1.165) is 29.2 Å². The molecule has 152 valence electrons. The van der Waals surface area contributed by atoms with E-state index >= 15 is 0 Å². The zero-order valence-electron chi connectivity index (χ0n) is 17.0. The molecule has 0 saturated heterocycles. The second-order valence-electron chi connectivity index (χ2n) is 6.73. The summed E-state index contributed by atoms with van der Waals surface area (Å²) in [5.41, 5.74) is 3.05. The van der Waals surface area contributed by atoms with Crippen molar-refractivity contribution in [2.45, 2.75) is 31.3 Å². The van der Waals surface area contributed by atoms with E-state index in [1.165, 1.54) is 30.2 Å². The van der Waals surface area contributed by atoms with Gasteiger partial charge in [0.2, 0.25) is 5.91 Å². The molecule has 0 fully saturated rings. The minimum absolute atomic E-state index is 0.0645. The Morgan fingerprint density at radius 3 is 2.48 bits per heavy atom. The first-order valence-corrected chi connectivity index (χ1v) is 10.6. The summed E-state index contributed by atoms with van der Waals surface area (Å²) in [6, 6.07) is 15.7. The molecule has 1 heterocycles. The highest BCUT2D eigenvalue weighted by Gasteiger charge is 2.13. The Kier molecular flexibility index (Phi) is 7.30. The number of benzene rings is 2. The number of anilines is 1. The number of carbonyl (C=O) groups excluding carboxylic acids is 1. The average Bonchev–Trinajstić information content (AvgIpc) is 3.12. The van der Waals surface area contributed by atoms with E-state index in [4.69, 9.17) is 4.74 Å². The predicted molar refractivity (Wildman–Crippen MR) is 117 cm³/mol. The Hall–Kier alpha value is -2.80. The Bertz CT molecular complexity index is 936. The molecule has 0 bridgehead atoms. The van der Waals surface area contributed by atoms with Crippen molar-refractivity contribution in [3.05, 3.63) is 54.1 Å². The van der Waals surface area contributed by atoms with E-state index in [-0.39, 0.29) is 11.7 Å². The Labute approximate surface area is 175 Å². The third-order valence-corrected chi connectivity index (χ3v) is 5.59. The van der Waals surface area contributed by atoms with Crippen LogP contribution in [0, 0.1) is 0 Å². The lowest BCUT2D eigenvalue weighted by molar-refractivity contribution is -0.113. The molecule has 0 aliphatic rings. The third-order valence-electron chi connectivity index (χ3n) is 4.57. The molecule has 6 nitrogen and oxygen atoms in total. The molecule has 1 N–H and O–H groups in total. The summed E-state index contributed by atoms with van der Waals surface area (Å²) < 4.78 is 7.08. The number of hydrogen-bond donors (Lipinski definition) is 1. The van der Waals surface area contributed by atoms with Crippen LogP contribution in [0.2, 0.25) is 0 Å². The molecule has 0 atom stereocenters. The van der Waals surface area contributed by atoms with Gasteiger partial charge in [-0.15, -0.1) is 10.2 Å². The van der Waals surface area contributed by atoms with E-state index in [1.807, 2.05) is 48.0 Å². The molecular formula is C22H26N4O2S. The van der Waals surface area contributed by atoms with Crippen LogP contribution in [-0.4, -0.2) is 33.5 Å². The van der Waals surface area contributed by atoms with Crippen LogP contribution < -0.4 is 10.1 Å². The minimum atomic E-state index is -0.0645. The molecule has 0 saturated carbocycles. The van der Waals surface area contributed by atoms with Crippen LogP contribution in [0.4, 0.5) is 5.69 Å². The van der Waals surface area contributed by atoms with Crippen LogP contribution in [0.3, 0.4) is 0 Å². The second-order valence-corrected chi connectivity index (χ2v) is 7.67. The van der Waals surface area contributed by atoms with Crippen molar-refractivity contribution in [2.24, 2.45) is 7.05 Å². The van der Waals surface area contributed by atoms with Gasteiger partial charge in [-0.25, -0.2) is 0 Å². The lowest BCUT2D eigenvalue weighted by atomic mass is 10.1. The van der Waals surface area contributed by atoms with Crippen molar-refractivity contribution in [1.82, 2.24) is 14.8 Å². The highest BCUT2D eigenvalue weighted by atomic mass is 32.2. The molecule has 0 spiro atoms. The van der Waals surface area contributed by atoms with E-state index in [2.05, 4.69) is 34.6 Å². The number of aromatic nitrogens is 3. The van der Waals surface area contributed by atoms with Crippen molar-refractivity contribution in [3.8, 4) is 17.1 Å². The summed E-state index contributed by atoms with van der Waals surface area (Å²) in [7, 11) is 3.53. The number of thioether (sulfide) groups is 1. The zero-order chi connectivity index (χ0) is 20.6.